The van der Waals surface area contributed by atoms with Crippen molar-refractivity contribution in [1.82, 2.24) is 0 Å². The third-order valence-corrected chi connectivity index (χ3v) is 10.3. The lowest BCUT2D eigenvalue weighted by Crippen LogP contribution is -2.11. The van der Waals surface area contributed by atoms with Gasteiger partial charge in [0.05, 0.1) is 15.4 Å². The number of phenols is 2. The van der Waals surface area contributed by atoms with E-state index in [0.717, 1.165) is 24.3 Å². The summed E-state index contributed by atoms with van der Waals surface area (Å²) in [5, 5.41) is 59.9. The predicted octanol–water partition coefficient (Wildman–Crippen LogP) is 3.40. The normalized spacial score (nSPS) is 13.2. The fourth-order valence-electron chi connectivity index (χ4n) is 6.28. The molecule has 0 unspecified atom stereocenters. The van der Waals surface area contributed by atoms with Crippen LogP contribution in [0.2, 0.25) is 0 Å². The molecule has 12 nitrogen and oxygen atoms in total. The average molecular weight is 715 g/mol. The fourth-order valence-corrected chi connectivity index (χ4v) is 7.43. The predicted molar refractivity (Wildman–Crippen MR) is 172 cm³/mol. The van der Waals surface area contributed by atoms with Gasteiger partial charge in [0.1, 0.15) is 31.7 Å². The van der Waals surface area contributed by atoms with E-state index in [1.807, 2.05) is 0 Å². The number of carboxylic acids is 1. The van der Waals surface area contributed by atoms with E-state index in [1.54, 1.807) is 13.0 Å². The first kappa shape index (κ1) is 34.5. The molecule has 0 saturated heterocycles. The second-order valence-electron chi connectivity index (χ2n) is 12.2. The van der Waals surface area contributed by atoms with Crippen LogP contribution in [0.1, 0.15) is 60.4 Å². The molecule has 8 bridgehead atoms. The molecule has 0 saturated carbocycles. The minimum absolute atomic E-state index is 0.0189. The number of phenolic OH excluding ortho intramolecular Hbond substituents is 2. The summed E-state index contributed by atoms with van der Waals surface area (Å²) in [6.07, 6.45) is -1.50. The molecule has 6 rings (SSSR count). The number of fused-ring (bicyclic) bond motifs is 8. The molecule has 1 aliphatic carbocycles. The molecule has 3 N–H and O–H groups in total. The number of aromatic carboxylic acids is 1. The maximum absolute atomic E-state index is 14.0. The van der Waals surface area contributed by atoms with Crippen molar-refractivity contribution in [3.05, 3.63) is 128 Å². The molecule has 0 heterocycles. The summed E-state index contributed by atoms with van der Waals surface area (Å²) in [5.41, 5.74) is 1.10. The van der Waals surface area contributed by atoms with E-state index in [4.69, 9.17) is 0 Å². The van der Waals surface area contributed by atoms with Crippen molar-refractivity contribution in [3.8, 4) is 34.1 Å². The van der Waals surface area contributed by atoms with Gasteiger partial charge in [0.15, 0.2) is 0 Å². The van der Waals surface area contributed by atoms with Crippen molar-refractivity contribution in [2.45, 2.75) is 42.4 Å². The van der Waals surface area contributed by atoms with Gasteiger partial charge in [-0.1, -0.05) is 53.1 Å². The summed E-state index contributed by atoms with van der Waals surface area (Å²) >= 11 is 0. The van der Waals surface area contributed by atoms with Crippen molar-refractivity contribution >= 4 is 26.2 Å². The average Bonchev–Trinajstić information content (AvgIpc) is 3.03. The third kappa shape index (κ3) is 6.73. The van der Waals surface area contributed by atoms with Crippen molar-refractivity contribution in [3.63, 3.8) is 0 Å². The van der Waals surface area contributed by atoms with Gasteiger partial charge in [0.2, 0.25) is 0 Å². The Morgan fingerprint density at radius 1 is 0.560 bits per heavy atom. The first-order valence-electron chi connectivity index (χ1n) is 15.0. The van der Waals surface area contributed by atoms with Crippen LogP contribution in [0.3, 0.4) is 0 Å². The molecular weight excluding hydrogens is 689 g/mol. The van der Waals surface area contributed by atoms with Gasteiger partial charge in [0, 0.05) is 19.3 Å². The number of carboxylic acid groups (broad SMARTS) is 1. The van der Waals surface area contributed by atoms with Gasteiger partial charge in [-0.2, -0.15) is 0 Å². The summed E-state index contributed by atoms with van der Waals surface area (Å²) in [7, 11) is -10.2. The molecule has 1 aliphatic rings. The molecule has 5 aromatic rings. The maximum atomic E-state index is 14.0. The SMILES string of the molecule is Cc1cc2c(O)c(c1)Cc1cc(S(=O)(=O)[O-])cc(c1O)Cc1cc(-c3ccc(C(=O)O)cc3)cc(c1[O-])Cc1cc(S(=O)(=O)[O-])cc(c1[O-])C2. The topological polar surface area (TPSA) is 238 Å². The van der Waals surface area contributed by atoms with Crippen LogP contribution in [0.4, 0.5) is 0 Å². The minimum Gasteiger partial charge on any atom is -0.872 e. The molecule has 0 aromatic heterocycles. The van der Waals surface area contributed by atoms with E-state index in [2.05, 4.69) is 0 Å². The first-order chi connectivity index (χ1) is 23.4. The second-order valence-corrected chi connectivity index (χ2v) is 15.0. The molecule has 14 heteroatoms. The lowest BCUT2D eigenvalue weighted by molar-refractivity contribution is -0.271. The van der Waals surface area contributed by atoms with Crippen LogP contribution in [0, 0.1) is 6.92 Å². The van der Waals surface area contributed by atoms with Gasteiger partial charge < -0.3 is 34.6 Å². The van der Waals surface area contributed by atoms with Crippen molar-refractivity contribution in [2.24, 2.45) is 0 Å². The highest BCUT2D eigenvalue weighted by atomic mass is 32.2. The van der Waals surface area contributed by atoms with E-state index >= 15 is 0 Å². The summed E-state index contributed by atoms with van der Waals surface area (Å²) in [6.45, 7) is 1.67. The van der Waals surface area contributed by atoms with Crippen LogP contribution in [-0.2, 0) is 45.9 Å². The van der Waals surface area contributed by atoms with Gasteiger partial charge in [-0.15, -0.1) is 11.5 Å². The standard InChI is InChI=1S/C36H30O12S2/c1-18-6-22-10-26-14-30(49(43,44)45)16-28(34(26)39)12-24-8-21(19-2-4-20(5-3-19)36(41)42)9-25(33(24)38)13-29-17-31(50(46,47)48)15-27(35(29)40)11-23(7-18)32(22)37/h2-9,14-17,37-40H,10-13H2,1H3,(H,41,42)(H,43,44,45)(H,46,47,48)/p-4. The number of carbonyl (C=O) groups is 1. The highest BCUT2D eigenvalue weighted by Crippen LogP contribution is 2.40. The van der Waals surface area contributed by atoms with Crippen molar-refractivity contribution in [1.29, 1.82) is 0 Å². The summed E-state index contributed by atoms with van der Waals surface area (Å²) in [5.74, 6) is -3.28. The number of hydrogen-bond acceptors (Lipinski definition) is 11. The number of benzene rings is 5. The van der Waals surface area contributed by atoms with Crippen LogP contribution in [0.25, 0.3) is 11.1 Å². The Kier molecular flexibility index (Phi) is 8.60. The summed E-state index contributed by atoms with van der Waals surface area (Å²) in [4.78, 5) is 10.1. The molecule has 258 valence electrons. The molecule has 0 amide bonds. The molecule has 0 atom stereocenters. The van der Waals surface area contributed by atoms with E-state index in [1.165, 1.54) is 42.5 Å². The molecule has 0 radical (unpaired) electrons. The molecule has 5 aromatic carbocycles. The second kappa shape index (κ2) is 12.5. The fraction of sp³-hybridized carbons (Fsp3) is 0.139. The molecular formula is C36H26O12S2-4. The minimum atomic E-state index is -5.09. The van der Waals surface area contributed by atoms with Gasteiger partial charge in [0.25, 0.3) is 0 Å². The van der Waals surface area contributed by atoms with E-state index < -0.39 is 66.1 Å². The first-order valence-corrected chi connectivity index (χ1v) is 17.8. The monoisotopic (exact) mass is 714 g/mol. The number of aryl methyl sites for hydroxylation is 1. The van der Waals surface area contributed by atoms with Gasteiger partial charge >= 0.3 is 5.97 Å². The highest BCUT2D eigenvalue weighted by Gasteiger charge is 2.20. The maximum Gasteiger partial charge on any atom is 0.335 e. The smallest absolute Gasteiger partial charge is 0.335 e. The van der Waals surface area contributed by atoms with Crippen LogP contribution >= 0.6 is 0 Å². The van der Waals surface area contributed by atoms with Crippen LogP contribution in [-0.4, -0.2) is 47.2 Å². The lowest BCUT2D eigenvalue weighted by atomic mass is 9.89. The van der Waals surface area contributed by atoms with Gasteiger partial charge in [-0.25, -0.2) is 21.6 Å². The summed E-state index contributed by atoms with van der Waals surface area (Å²) in [6, 6.07) is 15.3. The zero-order valence-corrected chi connectivity index (χ0v) is 27.7. The zero-order valence-electron chi connectivity index (χ0n) is 26.1. The van der Waals surface area contributed by atoms with Gasteiger partial charge in [-0.05, 0) is 94.3 Å². The van der Waals surface area contributed by atoms with E-state index in [0.29, 0.717) is 16.7 Å². The molecule has 0 fully saturated rings. The highest BCUT2D eigenvalue weighted by molar-refractivity contribution is 7.86. The Morgan fingerprint density at radius 3 is 1.30 bits per heavy atom. The molecule has 50 heavy (non-hydrogen) atoms. The Morgan fingerprint density at radius 2 is 0.900 bits per heavy atom. The Bertz CT molecular complexity index is 2320. The third-order valence-electron chi connectivity index (χ3n) is 8.68. The Labute approximate surface area is 286 Å². The van der Waals surface area contributed by atoms with Crippen molar-refractivity contribution in [2.75, 3.05) is 0 Å². The van der Waals surface area contributed by atoms with E-state index in [9.17, 15) is 56.3 Å². The number of rotatable bonds is 4. The lowest BCUT2D eigenvalue weighted by Gasteiger charge is -2.26. The Balaban J connectivity index is 1.67. The van der Waals surface area contributed by atoms with Crippen LogP contribution in [0.15, 0.2) is 82.6 Å². The van der Waals surface area contributed by atoms with Crippen LogP contribution < -0.4 is 10.2 Å². The number of hydrogen-bond donors (Lipinski definition) is 3. The van der Waals surface area contributed by atoms with Gasteiger partial charge in [-0.3, -0.25) is 0 Å². The van der Waals surface area contributed by atoms with Crippen LogP contribution in [0.5, 0.6) is 23.0 Å². The van der Waals surface area contributed by atoms with E-state index in [-0.39, 0.29) is 68.7 Å². The molecule has 0 spiro atoms. The molecule has 0 aliphatic heterocycles. The quantitative estimate of drug-likeness (QED) is 0.223. The Hall–Kier alpha value is -5.41. The number of aromatic hydroxyl groups is 2. The largest absolute Gasteiger partial charge is 0.872 e. The summed E-state index contributed by atoms with van der Waals surface area (Å²) < 4.78 is 73.4. The van der Waals surface area contributed by atoms with Crippen molar-refractivity contribution < 1.29 is 56.3 Å². The zero-order chi connectivity index (χ0) is 36.3.